The van der Waals surface area contributed by atoms with Gasteiger partial charge in [-0.15, -0.1) is 0 Å². The first-order valence-corrected chi connectivity index (χ1v) is 5.76. The highest BCUT2D eigenvalue weighted by Crippen LogP contribution is 2.28. The number of aromatic nitrogens is 2. The van der Waals surface area contributed by atoms with Crippen LogP contribution in [0.25, 0.3) is 16.6 Å². The van der Waals surface area contributed by atoms with E-state index in [0.717, 1.165) is 36.1 Å². The maximum Gasteiger partial charge on any atom is 0.142 e. The number of fused-ring (bicyclic) bond motifs is 1. The van der Waals surface area contributed by atoms with Crippen molar-refractivity contribution >= 4 is 16.6 Å². The van der Waals surface area contributed by atoms with Gasteiger partial charge in [-0.2, -0.15) is 0 Å². The summed E-state index contributed by atoms with van der Waals surface area (Å²) in [5.41, 5.74) is 3.22. The van der Waals surface area contributed by atoms with Crippen LogP contribution >= 0.6 is 0 Å². The van der Waals surface area contributed by atoms with Gasteiger partial charge in [-0.25, -0.2) is 9.37 Å². The molecule has 4 heteroatoms. The molecule has 0 spiro atoms. The Balaban J connectivity index is 2.22. The van der Waals surface area contributed by atoms with Crippen LogP contribution in [-0.2, 0) is 7.05 Å². The van der Waals surface area contributed by atoms with E-state index in [1.165, 1.54) is 11.8 Å². The zero-order valence-corrected chi connectivity index (χ0v) is 9.70. The molecule has 1 aliphatic rings. The molecule has 0 aromatic carbocycles. The first-order valence-electron chi connectivity index (χ1n) is 5.76. The maximum absolute atomic E-state index is 13.3. The van der Waals surface area contributed by atoms with Crippen LogP contribution in [0.3, 0.4) is 0 Å². The molecular weight excluding hydrogens is 217 g/mol. The van der Waals surface area contributed by atoms with E-state index in [1.54, 1.807) is 6.07 Å². The second-order valence-corrected chi connectivity index (χ2v) is 4.36. The summed E-state index contributed by atoms with van der Waals surface area (Å²) < 4.78 is 15.2. The summed E-state index contributed by atoms with van der Waals surface area (Å²) in [5, 5.41) is 4.18. The second kappa shape index (κ2) is 3.96. The predicted octanol–water partition coefficient (Wildman–Crippen LogP) is 2.09. The van der Waals surface area contributed by atoms with Crippen LogP contribution in [0.5, 0.6) is 0 Å². The molecule has 2 aromatic heterocycles. The lowest BCUT2D eigenvalue weighted by Crippen LogP contribution is -2.19. The van der Waals surface area contributed by atoms with Crippen LogP contribution in [0.1, 0.15) is 12.0 Å². The monoisotopic (exact) mass is 231 g/mol. The fourth-order valence-corrected chi connectivity index (χ4v) is 2.36. The average Bonchev–Trinajstić information content (AvgIpc) is 2.67. The highest BCUT2D eigenvalue weighted by Gasteiger charge is 2.13. The number of rotatable bonds is 1. The third-order valence-corrected chi connectivity index (χ3v) is 3.19. The van der Waals surface area contributed by atoms with E-state index in [-0.39, 0.29) is 5.82 Å². The molecule has 2 aromatic rings. The zero-order valence-electron chi connectivity index (χ0n) is 9.70. The van der Waals surface area contributed by atoms with Crippen LogP contribution in [0.4, 0.5) is 4.39 Å². The Hall–Kier alpha value is -1.68. The van der Waals surface area contributed by atoms with E-state index >= 15 is 0 Å². The Morgan fingerprint density at radius 1 is 1.47 bits per heavy atom. The minimum atomic E-state index is -0.278. The SMILES string of the molecule is Cn1cc(C2=CCNCC2)c2cc(F)cnc21. The topological polar surface area (TPSA) is 29.9 Å². The maximum atomic E-state index is 13.3. The summed E-state index contributed by atoms with van der Waals surface area (Å²) in [6, 6.07) is 1.57. The van der Waals surface area contributed by atoms with Gasteiger partial charge in [0.2, 0.25) is 0 Å². The van der Waals surface area contributed by atoms with Crippen LogP contribution in [0.15, 0.2) is 24.5 Å². The van der Waals surface area contributed by atoms with Gasteiger partial charge in [0.1, 0.15) is 11.5 Å². The summed E-state index contributed by atoms with van der Waals surface area (Å²) >= 11 is 0. The largest absolute Gasteiger partial charge is 0.335 e. The first kappa shape index (κ1) is 10.5. The minimum absolute atomic E-state index is 0.278. The third-order valence-electron chi connectivity index (χ3n) is 3.19. The molecule has 0 aliphatic carbocycles. The van der Waals surface area contributed by atoms with Crippen molar-refractivity contribution < 1.29 is 4.39 Å². The molecule has 0 fully saturated rings. The molecule has 17 heavy (non-hydrogen) atoms. The average molecular weight is 231 g/mol. The van der Waals surface area contributed by atoms with E-state index in [4.69, 9.17) is 0 Å². The number of nitrogens with one attached hydrogen (secondary N) is 1. The Morgan fingerprint density at radius 2 is 2.35 bits per heavy atom. The molecule has 1 aliphatic heterocycles. The van der Waals surface area contributed by atoms with E-state index in [9.17, 15) is 4.39 Å². The molecule has 0 saturated carbocycles. The summed E-state index contributed by atoms with van der Waals surface area (Å²) in [4.78, 5) is 4.14. The van der Waals surface area contributed by atoms with Crippen LogP contribution in [0, 0.1) is 5.82 Å². The molecule has 0 saturated heterocycles. The van der Waals surface area contributed by atoms with Gasteiger partial charge in [0.05, 0.1) is 6.20 Å². The lowest BCUT2D eigenvalue weighted by Gasteiger charge is -2.13. The lowest BCUT2D eigenvalue weighted by molar-refractivity contribution is 0.623. The lowest BCUT2D eigenvalue weighted by atomic mass is 10.0. The third kappa shape index (κ3) is 1.74. The Morgan fingerprint density at radius 3 is 3.12 bits per heavy atom. The number of halogens is 1. The summed E-state index contributed by atoms with van der Waals surface area (Å²) in [5.74, 6) is -0.278. The molecule has 0 unspecified atom stereocenters. The first-order chi connectivity index (χ1) is 8.25. The zero-order chi connectivity index (χ0) is 11.8. The molecule has 3 heterocycles. The molecule has 88 valence electrons. The van der Waals surface area contributed by atoms with E-state index < -0.39 is 0 Å². The van der Waals surface area contributed by atoms with Crippen molar-refractivity contribution in [1.29, 1.82) is 0 Å². The fraction of sp³-hybridized carbons (Fsp3) is 0.308. The predicted molar refractivity (Wildman–Crippen MR) is 66.1 cm³/mol. The highest BCUT2D eigenvalue weighted by molar-refractivity contribution is 5.91. The van der Waals surface area contributed by atoms with Crippen LogP contribution in [-0.4, -0.2) is 22.6 Å². The summed E-state index contributed by atoms with van der Waals surface area (Å²) in [6.07, 6.45) is 6.45. The minimum Gasteiger partial charge on any atom is -0.335 e. The van der Waals surface area contributed by atoms with Crippen molar-refractivity contribution in [3.63, 3.8) is 0 Å². The smallest absolute Gasteiger partial charge is 0.142 e. The van der Waals surface area contributed by atoms with Crippen molar-refractivity contribution in [2.45, 2.75) is 6.42 Å². The number of hydrogen-bond donors (Lipinski definition) is 1. The number of pyridine rings is 1. The molecule has 3 nitrogen and oxygen atoms in total. The van der Waals surface area contributed by atoms with Crippen molar-refractivity contribution in [3.05, 3.63) is 35.9 Å². The second-order valence-electron chi connectivity index (χ2n) is 4.36. The van der Waals surface area contributed by atoms with Gasteiger partial charge in [-0.3, -0.25) is 0 Å². The quantitative estimate of drug-likeness (QED) is 0.814. The van der Waals surface area contributed by atoms with E-state index in [0.29, 0.717) is 0 Å². The van der Waals surface area contributed by atoms with Gasteiger partial charge < -0.3 is 9.88 Å². The van der Waals surface area contributed by atoms with Crippen molar-refractivity contribution in [2.24, 2.45) is 7.05 Å². The van der Waals surface area contributed by atoms with E-state index in [2.05, 4.69) is 16.4 Å². The fourth-order valence-electron chi connectivity index (χ4n) is 2.36. The summed E-state index contributed by atoms with van der Waals surface area (Å²) in [7, 11) is 1.94. The van der Waals surface area contributed by atoms with Crippen LogP contribution in [0.2, 0.25) is 0 Å². The normalized spacial score (nSPS) is 16.2. The Labute approximate surface area is 99.0 Å². The summed E-state index contributed by atoms with van der Waals surface area (Å²) in [6.45, 7) is 1.86. The molecular formula is C13H14FN3. The molecule has 0 radical (unpaired) electrons. The van der Waals surface area contributed by atoms with Gasteiger partial charge in [-0.05, 0) is 24.6 Å². The highest BCUT2D eigenvalue weighted by atomic mass is 19.1. The molecule has 3 rings (SSSR count). The van der Waals surface area contributed by atoms with Gasteiger partial charge in [-0.1, -0.05) is 6.08 Å². The Kier molecular flexibility index (Phi) is 2.44. The molecule has 1 N–H and O–H groups in total. The van der Waals surface area contributed by atoms with Gasteiger partial charge in [0.25, 0.3) is 0 Å². The van der Waals surface area contributed by atoms with Crippen LogP contribution < -0.4 is 5.32 Å². The standard InChI is InChI=1S/C13H14FN3/c1-17-8-12(9-2-4-15-5-3-9)11-6-10(14)7-16-13(11)17/h2,6-8,15H,3-5H2,1H3. The molecule has 0 atom stereocenters. The number of nitrogens with zero attached hydrogens (tertiary/aromatic N) is 2. The van der Waals surface area contributed by atoms with Gasteiger partial charge >= 0.3 is 0 Å². The van der Waals surface area contributed by atoms with Gasteiger partial charge in [0, 0.05) is 30.7 Å². The van der Waals surface area contributed by atoms with Gasteiger partial charge in [0.15, 0.2) is 0 Å². The van der Waals surface area contributed by atoms with E-state index in [1.807, 2.05) is 17.8 Å². The van der Waals surface area contributed by atoms with Crippen molar-refractivity contribution in [3.8, 4) is 0 Å². The van der Waals surface area contributed by atoms with Crippen molar-refractivity contribution in [2.75, 3.05) is 13.1 Å². The Bertz CT molecular complexity index is 598. The number of hydrogen-bond acceptors (Lipinski definition) is 2. The molecule has 0 amide bonds. The number of aryl methyl sites for hydroxylation is 1. The van der Waals surface area contributed by atoms with Crippen molar-refractivity contribution in [1.82, 2.24) is 14.9 Å². The molecule has 0 bridgehead atoms.